The predicted octanol–water partition coefficient (Wildman–Crippen LogP) is 0.569. The normalized spacial score (nSPS) is 12.2. The van der Waals surface area contributed by atoms with Crippen LogP contribution in [0.5, 0.6) is 5.88 Å². The van der Waals surface area contributed by atoms with Crippen molar-refractivity contribution in [2.45, 2.75) is 19.4 Å². The van der Waals surface area contributed by atoms with E-state index in [0.717, 1.165) is 24.3 Å². The fourth-order valence-electron chi connectivity index (χ4n) is 1.49. The van der Waals surface area contributed by atoms with Gasteiger partial charge in [0.2, 0.25) is 5.88 Å². The molecule has 1 aromatic rings. The van der Waals surface area contributed by atoms with Gasteiger partial charge in [-0.05, 0) is 13.3 Å². The van der Waals surface area contributed by atoms with Gasteiger partial charge in [-0.2, -0.15) is 0 Å². The molecule has 0 saturated carbocycles. The summed E-state index contributed by atoms with van der Waals surface area (Å²) < 4.78 is 10.1. The van der Waals surface area contributed by atoms with E-state index in [1.54, 1.807) is 14.2 Å². The van der Waals surface area contributed by atoms with Crippen molar-refractivity contribution < 1.29 is 9.47 Å². The first kappa shape index (κ1) is 13.7. The molecule has 0 bridgehead atoms. The molecule has 6 nitrogen and oxygen atoms in total. The van der Waals surface area contributed by atoms with Crippen molar-refractivity contribution in [3.63, 3.8) is 0 Å². The molecule has 0 aliphatic carbocycles. The standard InChI is InChI=1S/C11H20N4O2/c1-8-10(14-7-15-11(8)17-3)13-5-4-9(12)6-16-2/h7,9H,4-6,12H2,1-3H3,(H,13,14,15). The number of anilines is 1. The van der Waals surface area contributed by atoms with Crippen LogP contribution >= 0.6 is 0 Å². The summed E-state index contributed by atoms with van der Waals surface area (Å²) in [6.45, 7) is 3.22. The lowest BCUT2D eigenvalue weighted by molar-refractivity contribution is 0.178. The molecule has 17 heavy (non-hydrogen) atoms. The molecule has 1 atom stereocenters. The molecule has 0 amide bonds. The molecule has 0 spiro atoms. The van der Waals surface area contributed by atoms with Gasteiger partial charge in [-0.1, -0.05) is 0 Å². The van der Waals surface area contributed by atoms with Gasteiger partial charge in [0, 0.05) is 19.7 Å². The highest BCUT2D eigenvalue weighted by molar-refractivity contribution is 5.47. The molecule has 0 fully saturated rings. The Hall–Kier alpha value is -1.40. The van der Waals surface area contributed by atoms with Crippen LogP contribution < -0.4 is 15.8 Å². The summed E-state index contributed by atoms with van der Waals surface area (Å²) >= 11 is 0. The van der Waals surface area contributed by atoms with Crippen molar-refractivity contribution in [2.24, 2.45) is 5.73 Å². The van der Waals surface area contributed by atoms with E-state index in [4.69, 9.17) is 15.2 Å². The molecule has 0 aromatic carbocycles. The van der Waals surface area contributed by atoms with Crippen LogP contribution in [0, 0.1) is 6.92 Å². The largest absolute Gasteiger partial charge is 0.481 e. The summed E-state index contributed by atoms with van der Waals surface area (Å²) in [7, 11) is 3.24. The zero-order valence-corrected chi connectivity index (χ0v) is 10.6. The topological polar surface area (TPSA) is 82.3 Å². The first-order valence-corrected chi connectivity index (χ1v) is 5.53. The number of nitrogens with zero attached hydrogens (tertiary/aromatic N) is 2. The van der Waals surface area contributed by atoms with E-state index in [0.29, 0.717) is 12.5 Å². The fourth-order valence-corrected chi connectivity index (χ4v) is 1.49. The van der Waals surface area contributed by atoms with Crippen molar-refractivity contribution in [2.75, 3.05) is 32.7 Å². The van der Waals surface area contributed by atoms with Crippen LogP contribution in [-0.4, -0.2) is 43.4 Å². The molecule has 0 radical (unpaired) electrons. The molecule has 1 rings (SSSR count). The Labute approximate surface area is 102 Å². The molecule has 6 heteroatoms. The maximum Gasteiger partial charge on any atom is 0.221 e. The molecular weight excluding hydrogens is 220 g/mol. The summed E-state index contributed by atoms with van der Waals surface area (Å²) in [5, 5.41) is 3.21. The smallest absolute Gasteiger partial charge is 0.221 e. The fraction of sp³-hybridized carbons (Fsp3) is 0.636. The zero-order valence-electron chi connectivity index (χ0n) is 10.6. The van der Waals surface area contributed by atoms with Gasteiger partial charge >= 0.3 is 0 Å². The minimum atomic E-state index is 0.0385. The quantitative estimate of drug-likeness (QED) is 0.725. The highest BCUT2D eigenvalue weighted by Crippen LogP contribution is 2.19. The van der Waals surface area contributed by atoms with Gasteiger partial charge in [0.05, 0.1) is 19.3 Å². The Morgan fingerprint density at radius 2 is 2.18 bits per heavy atom. The van der Waals surface area contributed by atoms with E-state index < -0.39 is 0 Å². The Morgan fingerprint density at radius 1 is 1.41 bits per heavy atom. The average Bonchev–Trinajstić information content (AvgIpc) is 2.32. The van der Waals surface area contributed by atoms with Crippen LogP contribution in [-0.2, 0) is 4.74 Å². The van der Waals surface area contributed by atoms with E-state index in [-0.39, 0.29) is 6.04 Å². The number of nitrogens with one attached hydrogen (secondary N) is 1. The molecule has 1 aromatic heterocycles. The lowest BCUT2D eigenvalue weighted by Crippen LogP contribution is -2.28. The molecular formula is C11H20N4O2. The molecule has 1 heterocycles. The second-order valence-corrected chi connectivity index (χ2v) is 3.79. The number of hydrogen-bond donors (Lipinski definition) is 2. The number of ether oxygens (including phenoxy) is 2. The highest BCUT2D eigenvalue weighted by Gasteiger charge is 2.07. The molecule has 0 saturated heterocycles. The lowest BCUT2D eigenvalue weighted by Gasteiger charge is -2.13. The average molecular weight is 240 g/mol. The van der Waals surface area contributed by atoms with Crippen molar-refractivity contribution in [3.8, 4) is 5.88 Å². The van der Waals surface area contributed by atoms with E-state index in [1.165, 1.54) is 6.33 Å². The third kappa shape index (κ3) is 4.16. The van der Waals surface area contributed by atoms with Gasteiger partial charge in [0.15, 0.2) is 0 Å². The van der Waals surface area contributed by atoms with Gasteiger partial charge in [-0.15, -0.1) is 0 Å². The lowest BCUT2D eigenvalue weighted by atomic mass is 10.2. The molecule has 3 N–H and O–H groups in total. The van der Waals surface area contributed by atoms with Gasteiger partial charge in [-0.3, -0.25) is 0 Å². The highest BCUT2D eigenvalue weighted by atomic mass is 16.5. The number of methoxy groups -OCH3 is 2. The molecule has 0 aliphatic heterocycles. The number of aromatic nitrogens is 2. The maximum absolute atomic E-state index is 5.82. The van der Waals surface area contributed by atoms with Gasteiger partial charge in [0.25, 0.3) is 0 Å². The van der Waals surface area contributed by atoms with Crippen LogP contribution in [0.3, 0.4) is 0 Å². The molecule has 1 unspecified atom stereocenters. The van der Waals surface area contributed by atoms with Crippen molar-refractivity contribution in [1.82, 2.24) is 9.97 Å². The Kier molecular flexibility index (Phi) is 5.65. The second kappa shape index (κ2) is 7.03. The zero-order chi connectivity index (χ0) is 12.7. The summed E-state index contributed by atoms with van der Waals surface area (Å²) in [6.07, 6.45) is 2.29. The number of rotatable bonds is 7. The minimum Gasteiger partial charge on any atom is -0.481 e. The minimum absolute atomic E-state index is 0.0385. The van der Waals surface area contributed by atoms with Gasteiger partial charge in [0.1, 0.15) is 12.1 Å². The van der Waals surface area contributed by atoms with Crippen LogP contribution in [0.1, 0.15) is 12.0 Å². The van der Waals surface area contributed by atoms with Gasteiger partial charge in [-0.25, -0.2) is 9.97 Å². The summed E-state index contributed by atoms with van der Waals surface area (Å²) in [5.41, 5.74) is 6.72. The van der Waals surface area contributed by atoms with E-state index in [1.807, 2.05) is 6.92 Å². The Balaban J connectivity index is 2.46. The maximum atomic E-state index is 5.82. The van der Waals surface area contributed by atoms with Crippen LogP contribution in [0.25, 0.3) is 0 Å². The van der Waals surface area contributed by atoms with E-state index >= 15 is 0 Å². The third-order valence-corrected chi connectivity index (χ3v) is 2.42. The van der Waals surface area contributed by atoms with Crippen LogP contribution in [0.15, 0.2) is 6.33 Å². The first-order valence-electron chi connectivity index (χ1n) is 5.53. The number of hydrogen-bond acceptors (Lipinski definition) is 6. The van der Waals surface area contributed by atoms with Crippen LogP contribution in [0.4, 0.5) is 5.82 Å². The van der Waals surface area contributed by atoms with Crippen molar-refractivity contribution >= 4 is 5.82 Å². The molecule has 0 aliphatic rings. The predicted molar refractivity (Wildman–Crippen MR) is 66.3 cm³/mol. The second-order valence-electron chi connectivity index (χ2n) is 3.79. The van der Waals surface area contributed by atoms with Gasteiger partial charge < -0.3 is 20.5 Å². The van der Waals surface area contributed by atoms with Crippen molar-refractivity contribution in [3.05, 3.63) is 11.9 Å². The summed E-state index contributed by atoms with van der Waals surface area (Å²) in [4.78, 5) is 8.17. The Morgan fingerprint density at radius 3 is 2.82 bits per heavy atom. The summed E-state index contributed by atoms with van der Waals surface area (Å²) in [5.74, 6) is 1.37. The first-order chi connectivity index (χ1) is 8.19. The SMILES string of the molecule is COCC(N)CCNc1ncnc(OC)c1C. The summed E-state index contributed by atoms with van der Waals surface area (Å²) in [6, 6.07) is 0.0385. The molecule has 96 valence electrons. The van der Waals surface area contributed by atoms with Crippen LogP contribution in [0.2, 0.25) is 0 Å². The van der Waals surface area contributed by atoms with E-state index in [9.17, 15) is 0 Å². The Bertz CT molecular complexity index is 346. The third-order valence-electron chi connectivity index (χ3n) is 2.42. The number of nitrogens with two attached hydrogens (primary N) is 1. The van der Waals surface area contributed by atoms with E-state index in [2.05, 4.69) is 15.3 Å². The van der Waals surface area contributed by atoms with Crippen molar-refractivity contribution in [1.29, 1.82) is 0 Å². The monoisotopic (exact) mass is 240 g/mol.